The van der Waals surface area contributed by atoms with Crippen molar-refractivity contribution in [3.63, 3.8) is 0 Å². The standard InChI is InChI=1S/C17H15N5O3S/c1-24-14-6-10-9-4-2-3-5-12(9)25-13(10)7-11(14)19-15(23)8-26-17-20-16(18)21-22-17/h2-7H,8H2,1H3,(H,19,23)(H3,18,20,21,22). The van der Waals surface area contributed by atoms with Crippen LogP contribution in [-0.2, 0) is 4.79 Å². The first-order valence-electron chi connectivity index (χ1n) is 7.74. The second-order valence-electron chi connectivity index (χ2n) is 5.49. The molecule has 0 unspecified atom stereocenters. The van der Waals surface area contributed by atoms with Gasteiger partial charge in [0, 0.05) is 16.8 Å². The molecule has 0 saturated heterocycles. The van der Waals surface area contributed by atoms with Gasteiger partial charge in [-0.1, -0.05) is 30.0 Å². The third-order valence-corrected chi connectivity index (χ3v) is 4.63. The van der Waals surface area contributed by atoms with Gasteiger partial charge in [-0.25, -0.2) is 5.10 Å². The van der Waals surface area contributed by atoms with Crippen molar-refractivity contribution in [1.29, 1.82) is 0 Å². The number of hydrogen-bond acceptors (Lipinski definition) is 7. The molecule has 0 aliphatic rings. The van der Waals surface area contributed by atoms with Gasteiger partial charge >= 0.3 is 0 Å². The number of rotatable bonds is 5. The van der Waals surface area contributed by atoms with E-state index in [1.807, 2.05) is 30.3 Å². The lowest BCUT2D eigenvalue weighted by molar-refractivity contribution is -0.113. The van der Waals surface area contributed by atoms with Gasteiger partial charge in [-0.05, 0) is 12.1 Å². The van der Waals surface area contributed by atoms with Crippen molar-refractivity contribution in [3.8, 4) is 5.75 Å². The summed E-state index contributed by atoms with van der Waals surface area (Å²) >= 11 is 1.18. The van der Waals surface area contributed by atoms with Crippen LogP contribution in [0.25, 0.3) is 21.9 Å². The number of hydrogen-bond donors (Lipinski definition) is 3. The fourth-order valence-electron chi connectivity index (χ4n) is 2.66. The number of aromatic amines is 1. The van der Waals surface area contributed by atoms with E-state index < -0.39 is 0 Å². The fourth-order valence-corrected chi connectivity index (χ4v) is 3.26. The summed E-state index contributed by atoms with van der Waals surface area (Å²) in [5, 5.41) is 11.6. The molecule has 0 bridgehead atoms. The van der Waals surface area contributed by atoms with Crippen LogP contribution < -0.4 is 15.8 Å². The average molecular weight is 369 g/mol. The number of anilines is 2. The number of thioether (sulfide) groups is 1. The highest BCUT2D eigenvalue weighted by atomic mass is 32.2. The first-order chi connectivity index (χ1) is 12.6. The number of ether oxygens (including phenoxy) is 1. The van der Waals surface area contributed by atoms with Gasteiger partial charge in [0.2, 0.25) is 17.0 Å². The monoisotopic (exact) mass is 369 g/mol. The van der Waals surface area contributed by atoms with Crippen LogP contribution in [0.3, 0.4) is 0 Å². The summed E-state index contributed by atoms with van der Waals surface area (Å²) < 4.78 is 11.3. The van der Waals surface area contributed by atoms with Gasteiger partial charge in [-0.3, -0.25) is 4.79 Å². The van der Waals surface area contributed by atoms with Crippen LogP contribution in [0.5, 0.6) is 5.75 Å². The molecule has 0 aliphatic carbocycles. The first-order valence-corrected chi connectivity index (χ1v) is 8.72. The minimum Gasteiger partial charge on any atom is -0.495 e. The number of nitrogens with zero attached hydrogens (tertiary/aromatic N) is 2. The van der Waals surface area contributed by atoms with Crippen molar-refractivity contribution in [1.82, 2.24) is 15.2 Å². The Kier molecular flexibility index (Phi) is 4.13. The van der Waals surface area contributed by atoms with Crippen LogP contribution in [-0.4, -0.2) is 34.0 Å². The number of nitrogen functional groups attached to an aromatic ring is 1. The summed E-state index contributed by atoms with van der Waals surface area (Å²) in [7, 11) is 1.56. The predicted octanol–water partition coefficient (Wildman–Crippen LogP) is 3.03. The Balaban J connectivity index is 1.58. The predicted molar refractivity (Wildman–Crippen MR) is 100 cm³/mol. The minimum absolute atomic E-state index is 0.138. The molecule has 4 aromatic rings. The number of furan rings is 1. The molecule has 2 heterocycles. The van der Waals surface area contributed by atoms with Crippen LogP contribution in [0.4, 0.5) is 11.6 Å². The molecule has 4 N–H and O–H groups in total. The Labute approximate surface area is 152 Å². The van der Waals surface area contributed by atoms with Crippen molar-refractivity contribution < 1.29 is 13.9 Å². The van der Waals surface area contributed by atoms with Gasteiger partial charge in [0.05, 0.1) is 18.6 Å². The molecule has 26 heavy (non-hydrogen) atoms. The maximum absolute atomic E-state index is 12.3. The number of benzene rings is 2. The highest BCUT2D eigenvalue weighted by molar-refractivity contribution is 7.99. The zero-order valence-corrected chi connectivity index (χ0v) is 14.6. The fraction of sp³-hybridized carbons (Fsp3) is 0.118. The molecule has 0 radical (unpaired) electrons. The van der Waals surface area contributed by atoms with Crippen LogP contribution in [0, 0.1) is 0 Å². The number of amides is 1. The smallest absolute Gasteiger partial charge is 0.234 e. The van der Waals surface area contributed by atoms with Crippen molar-refractivity contribution in [2.75, 3.05) is 23.9 Å². The molecule has 0 atom stereocenters. The van der Waals surface area contributed by atoms with Gasteiger partial charge in [0.25, 0.3) is 0 Å². The van der Waals surface area contributed by atoms with E-state index in [-0.39, 0.29) is 17.6 Å². The number of carbonyl (C=O) groups excluding carboxylic acids is 1. The second-order valence-corrected chi connectivity index (χ2v) is 6.43. The maximum atomic E-state index is 12.3. The zero-order valence-electron chi connectivity index (χ0n) is 13.8. The molecule has 2 aromatic heterocycles. The quantitative estimate of drug-likeness (QED) is 0.463. The number of aromatic nitrogens is 3. The van der Waals surface area contributed by atoms with E-state index in [0.29, 0.717) is 22.2 Å². The minimum atomic E-state index is -0.216. The number of methoxy groups -OCH3 is 1. The SMILES string of the molecule is COc1cc2c(cc1NC(=O)CSc1n[nH]c(N)n1)oc1ccccc12. The van der Waals surface area contributed by atoms with Crippen LogP contribution >= 0.6 is 11.8 Å². The highest BCUT2D eigenvalue weighted by Crippen LogP contribution is 2.36. The van der Waals surface area contributed by atoms with E-state index in [0.717, 1.165) is 16.4 Å². The molecule has 1 amide bonds. The van der Waals surface area contributed by atoms with Gasteiger partial charge in [0.15, 0.2) is 0 Å². The van der Waals surface area contributed by atoms with Gasteiger partial charge in [0.1, 0.15) is 16.9 Å². The average Bonchev–Trinajstić information content (AvgIpc) is 3.22. The summed E-state index contributed by atoms with van der Waals surface area (Å²) in [6.07, 6.45) is 0. The Bertz CT molecular complexity index is 1100. The Morgan fingerprint density at radius 1 is 1.31 bits per heavy atom. The van der Waals surface area contributed by atoms with E-state index in [1.165, 1.54) is 11.8 Å². The molecule has 9 heteroatoms. The summed E-state index contributed by atoms with van der Waals surface area (Å²) in [5.41, 5.74) is 7.46. The van der Waals surface area contributed by atoms with E-state index in [4.69, 9.17) is 14.9 Å². The molecule has 2 aromatic carbocycles. The van der Waals surface area contributed by atoms with Crippen LogP contribution in [0.15, 0.2) is 46.0 Å². The number of nitrogens with two attached hydrogens (primary N) is 1. The van der Waals surface area contributed by atoms with E-state index in [2.05, 4.69) is 20.5 Å². The van der Waals surface area contributed by atoms with E-state index in [9.17, 15) is 4.79 Å². The Morgan fingerprint density at radius 3 is 2.92 bits per heavy atom. The number of H-pyrrole nitrogens is 1. The number of nitrogens with one attached hydrogen (secondary N) is 2. The van der Waals surface area contributed by atoms with E-state index >= 15 is 0 Å². The van der Waals surface area contributed by atoms with Crippen molar-refractivity contribution in [2.45, 2.75) is 5.16 Å². The molecule has 0 spiro atoms. The molecular weight excluding hydrogens is 354 g/mol. The lowest BCUT2D eigenvalue weighted by Crippen LogP contribution is -2.14. The zero-order chi connectivity index (χ0) is 18.1. The van der Waals surface area contributed by atoms with Crippen molar-refractivity contribution >= 4 is 51.2 Å². The van der Waals surface area contributed by atoms with Crippen molar-refractivity contribution in [3.05, 3.63) is 36.4 Å². The molecule has 132 valence electrons. The topological polar surface area (TPSA) is 119 Å². The summed E-state index contributed by atoms with van der Waals surface area (Å²) in [5.74, 6) is 0.695. The number of fused-ring (bicyclic) bond motifs is 3. The van der Waals surface area contributed by atoms with Gasteiger partial charge in [-0.15, -0.1) is 5.10 Å². The molecule has 8 nitrogen and oxygen atoms in total. The molecular formula is C17H15N5O3S. The number of para-hydroxylation sites is 1. The lowest BCUT2D eigenvalue weighted by Gasteiger charge is -2.09. The number of carbonyl (C=O) groups is 1. The third-order valence-electron chi connectivity index (χ3n) is 3.79. The third kappa shape index (κ3) is 3.04. The van der Waals surface area contributed by atoms with Gasteiger partial charge in [-0.2, -0.15) is 4.98 Å². The highest BCUT2D eigenvalue weighted by Gasteiger charge is 2.14. The Morgan fingerprint density at radius 2 is 2.15 bits per heavy atom. The Hall–Kier alpha value is -3.20. The first kappa shape index (κ1) is 16.3. The van der Waals surface area contributed by atoms with Crippen molar-refractivity contribution in [2.24, 2.45) is 0 Å². The van der Waals surface area contributed by atoms with Gasteiger partial charge < -0.3 is 20.2 Å². The molecule has 0 fully saturated rings. The lowest BCUT2D eigenvalue weighted by atomic mass is 10.1. The second kappa shape index (κ2) is 6.60. The normalized spacial score (nSPS) is 11.1. The summed E-state index contributed by atoms with van der Waals surface area (Å²) in [6, 6.07) is 11.4. The molecule has 0 saturated carbocycles. The molecule has 4 rings (SSSR count). The molecule has 0 aliphatic heterocycles. The van der Waals surface area contributed by atoms with E-state index in [1.54, 1.807) is 13.2 Å². The van der Waals surface area contributed by atoms with Crippen LogP contribution in [0.1, 0.15) is 0 Å². The maximum Gasteiger partial charge on any atom is 0.234 e. The summed E-state index contributed by atoms with van der Waals surface area (Å²) in [4.78, 5) is 16.2. The largest absolute Gasteiger partial charge is 0.495 e. The van der Waals surface area contributed by atoms with Crippen LogP contribution in [0.2, 0.25) is 0 Å². The summed E-state index contributed by atoms with van der Waals surface area (Å²) in [6.45, 7) is 0.